The summed E-state index contributed by atoms with van der Waals surface area (Å²) in [5.41, 5.74) is 3.21. The largest absolute Gasteiger partial charge is 0.205 e. The number of hydrogen-bond acceptors (Lipinski definition) is 0. The highest BCUT2D eigenvalue weighted by Gasteiger charge is 2.09. The SMILES string of the molecule is CCCCCCCCCCCCCCC[n+]1cc(CCCCCCCCCCCC)cc(CCCCCCCCCCCC)c1. The molecule has 1 heterocycles. The highest BCUT2D eigenvalue weighted by molar-refractivity contribution is 5.15. The molecule has 0 aliphatic rings. The lowest BCUT2D eigenvalue weighted by Crippen LogP contribution is -2.34. The number of unbranched alkanes of at least 4 members (excludes halogenated alkanes) is 30. The molecule has 0 atom stereocenters. The molecule has 0 unspecified atom stereocenters. The standard InChI is InChI=1S/C44H84N/c1-4-7-10-13-16-19-22-23-24-27-30-33-36-39-45-41-43(37-34-31-28-25-20-17-14-11-8-5-2)40-44(42-45)38-35-32-29-26-21-18-15-12-9-6-3/h40-42H,4-39H2,1-3H3/q+1. The Morgan fingerprint density at radius 2 is 0.556 bits per heavy atom. The topological polar surface area (TPSA) is 3.88 Å². The first-order valence-corrected chi connectivity index (χ1v) is 21.3. The van der Waals surface area contributed by atoms with E-state index in [1.54, 1.807) is 11.1 Å². The Morgan fingerprint density at radius 3 is 0.844 bits per heavy atom. The Labute approximate surface area is 285 Å². The van der Waals surface area contributed by atoms with Gasteiger partial charge < -0.3 is 0 Å². The van der Waals surface area contributed by atoms with Gasteiger partial charge in [-0.2, -0.15) is 0 Å². The zero-order chi connectivity index (χ0) is 32.3. The van der Waals surface area contributed by atoms with Gasteiger partial charge in [-0.25, -0.2) is 4.57 Å². The molecule has 0 aliphatic carbocycles. The zero-order valence-corrected chi connectivity index (χ0v) is 31.6. The van der Waals surface area contributed by atoms with E-state index in [0.29, 0.717) is 0 Å². The molecule has 0 fully saturated rings. The smallest absolute Gasteiger partial charge is 0.171 e. The van der Waals surface area contributed by atoms with E-state index < -0.39 is 0 Å². The van der Waals surface area contributed by atoms with Crippen LogP contribution in [-0.2, 0) is 19.4 Å². The summed E-state index contributed by atoms with van der Waals surface area (Å²) in [7, 11) is 0. The van der Waals surface area contributed by atoms with Crippen LogP contribution in [0.3, 0.4) is 0 Å². The average molecular weight is 627 g/mol. The average Bonchev–Trinajstić information content (AvgIpc) is 3.05. The predicted octanol–water partition coefficient (Wildman–Crippen LogP) is 15.0. The molecule has 0 N–H and O–H groups in total. The van der Waals surface area contributed by atoms with Crippen molar-refractivity contribution in [3.8, 4) is 0 Å². The zero-order valence-electron chi connectivity index (χ0n) is 31.6. The molecular formula is C44H84N+. The highest BCUT2D eigenvalue weighted by Crippen LogP contribution is 2.16. The number of rotatable bonds is 36. The van der Waals surface area contributed by atoms with Gasteiger partial charge in [0.25, 0.3) is 0 Å². The molecular weight excluding hydrogens is 542 g/mol. The van der Waals surface area contributed by atoms with E-state index in [1.807, 2.05) is 0 Å². The molecule has 0 aromatic carbocycles. The van der Waals surface area contributed by atoms with Gasteiger partial charge in [-0.1, -0.05) is 207 Å². The maximum absolute atomic E-state index is 2.58. The fraction of sp³-hybridized carbons (Fsp3) is 0.886. The molecule has 1 heteroatoms. The van der Waals surface area contributed by atoms with E-state index in [4.69, 9.17) is 0 Å². The summed E-state index contributed by atoms with van der Waals surface area (Å²) in [6.45, 7) is 8.16. The van der Waals surface area contributed by atoms with Crippen LogP contribution in [0.15, 0.2) is 18.5 Å². The van der Waals surface area contributed by atoms with Gasteiger partial charge in [0.05, 0.1) is 0 Å². The van der Waals surface area contributed by atoms with E-state index in [2.05, 4.69) is 43.8 Å². The van der Waals surface area contributed by atoms with E-state index in [9.17, 15) is 0 Å². The Bertz CT molecular complexity index is 667. The lowest BCUT2D eigenvalue weighted by atomic mass is 10.0. The van der Waals surface area contributed by atoms with Crippen LogP contribution in [0, 0.1) is 0 Å². The first-order chi connectivity index (χ1) is 22.3. The second-order valence-corrected chi connectivity index (χ2v) is 14.9. The van der Waals surface area contributed by atoms with Crippen LogP contribution < -0.4 is 4.57 Å². The van der Waals surface area contributed by atoms with E-state index in [0.717, 1.165) is 0 Å². The molecule has 1 aromatic heterocycles. The van der Waals surface area contributed by atoms with Gasteiger partial charge in [0.2, 0.25) is 0 Å². The van der Waals surface area contributed by atoms with Crippen LogP contribution >= 0.6 is 0 Å². The number of pyridine rings is 1. The van der Waals surface area contributed by atoms with Crippen LogP contribution in [0.25, 0.3) is 0 Å². The van der Waals surface area contributed by atoms with Crippen molar-refractivity contribution in [1.29, 1.82) is 0 Å². The van der Waals surface area contributed by atoms with Crippen molar-refractivity contribution in [3.05, 3.63) is 29.6 Å². The van der Waals surface area contributed by atoms with Gasteiger partial charge in [-0.3, -0.25) is 0 Å². The Balaban J connectivity index is 2.32. The van der Waals surface area contributed by atoms with E-state index >= 15 is 0 Å². The van der Waals surface area contributed by atoms with Crippen molar-refractivity contribution in [3.63, 3.8) is 0 Å². The maximum Gasteiger partial charge on any atom is 0.171 e. The van der Waals surface area contributed by atoms with Crippen molar-refractivity contribution in [1.82, 2.24) is 0 Å². The number of hydrogen-bond donors (Lipinski definition) is 0. The number of aromatic nitrogens is 1. The molecule has 0 saturated carbocycles. The normalized spacial score (nSPS) is 11.5. The van der Waals surface area contributed by atoms with Crippen LogP contribution in [0.2, 0.25) is 0 Å². The molecule has 0 spiro atoms. The number of aryl methyl sites for hydroxylation is 3. The molecule has 0 saturated heterocycles. The Kier molecular flexibility index (Phi) is 32.3. The van der Waals surface area contributed by atoms with Crippen LogP contribution in [-0.4, -0.2) is 0 Å². The van der Waals surface area contributed by atoms with Crippen molar-refractivity contribution in [2.75, 3.05) is 0 Å². The molecule has 0 bridgehead atoms. The molecule has 45 heavy (non-hydrogen) atoms. The fourth-order valence-corrected chi connectivity index (χ4v) is 7.12. The molecule has 0 amide bonds. The summed E-state index contributed by atoms with van der Waals surface area (Å²) in [6.07, 6.45) is 54.8. The van der Waals surface area contributed by atoms with E-state index in [-0.39, 0.29) is 0 Å². The van der Waals surface area contributed by atoms with Crippen molar-refractivity contribution < 1.29 is 4.57 Å². The summed E-state index contributed by atoms with van der Waals surface area (Å²) in [5.74, 6) is 0. The second-order valence-electron chi connectivity index (χ2n) is 14.9. The third-order valence-corrected chi connectivity index (χ3v) is 10.2. The second kappa shape index (κ2) is 34.5. The molecule has 0 aliphatic heterocycles. The minimum Gasteiger partial charge on any atom is -0.205 e. The van der Waals surface area contributed by atoms with Crippen LogP contribution in [0.4, 0.5) is 0 Å². The molecule has 1 rings (SSSR count). The monoisotopic (exact) mass is 627 g/mol. The van der Waals surface area contributed by atoms with Crippen molar-refractivity contribution in [2.24, 2.45) is 0 Å². The summed E-state index contributed by atoms with van der Waals surface area (Å²) in [5, 5.41) is 0. The maximum atomic E-state index is 2.58. The lowest BCUT2D eigenvalue weighted by molar-refractivity contribution is -0.698. The van der Waals surface area contributed by atoms with E-state index in [1.165, 1.54) is 231 Å². The van der Waals surface area contributed by atoms with Crippen LogP contribution in [0.5, 0.6) is 0 Å². The summed E-state index contributed by atoms with van der Waals surface area (Å²) >= 11 is 0. The molecule has 1 nitrogen and oxygen atoms in total. The van der Waals surface area contributed by atoms with Gasteiger partial charge in [0.1, 0.15) is 6.54 Å². The first-order valence-electron chi connectivity index (χ1n) is 21.3. The Morgan fingerprint density at radius 1 is 0.311 bits per heavy atom. The number of nitrogens with zero attached hydrogens (tertiary/aromatic N) is 1. The quantitative estimate of drug-likeness (QED) is 0.0515. The van der Waals surface area contributed by atoms with Crippen molar-refractivity contribution >= 4 is 0 Å². The Hall–Kier alpha value is -0.850. The first kappa shape index (κ1) is 42.2. The van der Waals surface area contributed by atoms with Crippen molar-refractivity contribution in [2.45, 2.75) is 252 Å². The van der Waals surface area contributed by atoms with Gasteiger partial charge >= 0.3 is 0 Å². The molecule has 0 radical (unpaired) electrons. The minimum atomic E-state index is 1.22. The summed E-state index contributed by atoms with van der Waals surface area (Å²) < 4.78 is 2.58. The minimum absolute atomic E-state index is 1.22. The van der Waals surface area contributed by atoms with Crippen LogP contribution in [0.1, 0.15) is 244 Å². The summed E-state index contributed by atoms with van der Waals surface area (Å²) in [4.78, 5) is 0. The molecule has 264 valence electrons. The van der Waals surface area contributed by atoms with Gasteiger partial charge in [0, 0.05) is 17.5 Å². The molecule has 1 aromatic rings. The van der Waals surface area contributed by atoms with Gasteiger partial charge in [-0.15, -0.1) is 0 Å². The highest BCUT2D eigenvalue weighted by atomic mass is 14.9. The predicted molar refractivity (Wildman–Crippen MR) is 203 cm³/mol. The van der Waals surface area contributed by atoms with Gasteiger partial charge in [-0.05, 0) is 38.2 Å². The third kappa shape index (κ3) is 29.1. The summed E-state index contributed by atoms with van der Waals surface area (Å²) in [6, 6.07) is 2.57. The third-order valence-electron chi connectivity index (χ3n) is 10.2. The van der Waals surface area contributed by atoms with Gasteiger partial charge in [0.15, 0.2) is 12.4 Å². The fourth-order valence-electron chi connectivity index (χ4n) is 7.12. The lowest BCUT2D eigenvalue weighted by Gasteiger charge is -2.07.